The van der Waals surface area contributed by atoms with Gasteiger partial charge in [0.1, 0.15) is 23.3 Å². The number of carbonyl (C=O) groups is 2. The van der Waals surface area contributed by atoms with Crippen molar-refractivity contribution in [2.75, 3.05) is 26.4 Å². The van der Waals surface area contributed by atoms with Gasteiger partial charge < -0.3 is 26.4 Å². The lowest BCUT2D eigenvalue weighted by molar-refractivity contribution is -0.121. The maximum Gasteiger partial charge on any atom is 0.315 e. The SMILES string of the molecule is CN(C)S(=O)(=O)c1ccc(C(OCc2ccc(-n3cc(CNC(=O)CCCC[C@@H]4SC[C@@H]5NC(=O)N[C@@H]54)nn3)cc2)c2cn(C/C(F)=C/CN)nn2)cc1. The van der Waals surface area contributed by atoms with Crippen molar-refractivity contribution < 1.29 is 27.1 Å². The number of halogens is 1. The fourth-order valence-electron chi connectivity index (χ4n) is 6.22. The van der Waals surface area contributed by atoms with Gasteiger partial charge in [0, 0.05) is 38.1 Å². The molecule has 2 aromatic carbocycles. The van der Waals surface area contributed by atoms with Crippen LogP contribution in [0.5, 0.6) is 0 Å². The highest BCUT2D eigenvalue weighted by molar-refractivity contribution is 8.00. The molecule has 19 heteroatoms. The first-order valence-corrected chi connectivity index (χ1v) is 20.0. The highest BCUT2D eigenvalue weighted by Crippen LogP contribution is 2.33. The minimum atomic E-state index is -3.64. The van der Waals surface area contributed by atoms with Gasteiger partial charge >= 0.3 is 6.03 Å². The van der Waals surface area contributed by atoms with Crippen LogP contribution in [0.15, 0.2) is 77.7 Å². The monoisotopic (exact) mass is 781 g/mol. The van der Waals surface area contributed by atoms with E-state index in [4.69, 9.17) is 10.5 Å². The van der Waals surface area contributed by atoms with E-state index in [1.807, 2.05) is 36.0 Å². The van der Waals surface area contributed by atoms with E-state index in [1.54, 1.807) is 29.2 Å². The summed E-state index contributed by atoms with van der Waals surface area (Å²) in [5.74, 6) is 0.423. The maximum atomic E-state index is 14.1. The van der Waals surface area contributed by atoms with Gasteiger partial charge in [0.15, 0.2) is 0 Å². The Labute approximate surface area is 317 Å². The molecule has 0 bridgehead atoms. The highest BCUT2D eigenvalue weighted by atomic mass is 32.2. The molecular weight excluding hydrogens is 738 g/mol. The van der Waals surface area contributed by atoms with Crippen molar-refractivity contribution in [3.63, 3.8) is 0 Å². The molecule has 54 heavy (non-hydrogen) atoms. The first kappa shape index (κ1) is 39.0. The summed E-state index contributed by atoms with van der Waals surface area (Å²) in [6, 6.07) is 14.1. The van der Waals surface area contributed by atoms with Gasteiger partial charge in [0.25, 0.3) is 0 Å². The summed E-state index contributed by atoms with van der Waals surface area (Å²) in [7, 11) is -0.708. The van der Waals surface area contributed by atoms with Crippen LogP contribution in [0.1, 0.15) is 54.3 Å². The van der Waals surface area contributed by atoms with Crippen LogP contribution < -0.4 is 21.7 Å². The normalized spacial score (nSPS) is 19.1. The Morgan fingerprint density at radius 3 is 2.63 bits per heavy atom. The third-order valence-corrected chi connectivity index (χ3v) is 12.5. The number of hydrogen-bond donors (Lipinski definition) is 4. The van der Waals surface area contributed by atoms with E-state index in [2.05, 4.69) is 36.6 Å². The number of carbonyl (C=O) groups excluding carboxylic acids is 2. The predicted molar refractivity (Wildman–Crippen MR) is 199 cm³/mol. The lowest BCUT2D eigenvalue weighted by Gasteiger charge is -2.18. The number of nitrogens with one attached hydrogen (secondary N) is 3. The van der Waals surface area contributed by atoms with Crippen molar-refractivity contribution in [3.8, 4) is 5.69 Å². The molecule has 1 unspecified atom stereocenters. The summed E-state index contributed by atoms with van der Waals surface area (Å²) < 4.78 is 49.8. The minimum Gasteiger partial charge on any atom is -0.362 e. The number of benzene rings is 2. The van der Waals surface area contributed by atoms with E-state index < -0.39 is 22.0 Å². The van der Waals surface area contributed by atoms with Gasteiger partial charge in [-0.2, -0.15) is 11.8 Å². The Hall–Kier alpha value is -4.69. The number of rotatable bonds is 18. The van der Waals surface area contributed by atoms with Crippen LogP contribution in [0, 0.1) is 0 Å². The number of aromatic nitrogens is 6. The summed E-state index contributed by atoms with van der Waals surface area (Å²) >= 11 is 1.87. The first-order chi connectivity index (χ1) is 26.0. The zero-order valence-electron chi connectivity index (χ0n) is 30.0. The lowest BCUT2D eigenvalue weighted by atomic mass is 10.0. The van der Waals surface area contributed by atoms with Crippen LogP contribution in [0.25, 0.3) is 5.69 Å². The average Bonchev–Trinajstić information content (AvgIpc) is 3.96. The summed E-state index contributed by atoms with van der Waals surface area (Å²) in [5.41, 5.74) is 8.68. The molecule has 0 saturated carbocycles. The van der Waals surface area contributed by atoms with E-state index in [-0.39, 0.29) is 55.2 Å². The molecule has 0 spiro atoms. The number of amides is 3. The van der Waals surface area contributed by atoms with Gasteiger partial charge in [-0.3, -0.25) is 4.79 Å². The van der Waals surface area contributed by atoms with E-state index in [9.17, 15) is 22.4 Å². The molecular formula is C35H44FN11O5S2. The molecule has 2 saturated heterocycles. The topological polar surface area (TPSA) is 204 Å². The minimum absolute atomic E-state index is 0.0484. The largest absolute Gasteiger partial charge is 0.362 e. The summed E-state index contributed by atoms with van der Waals surface area (Å²) in [6.45, 7) is 0.340. The number of allylic oxidation sites excluding steroid dienone is 1. The quantitative estimate of drug-likeness (QED) is 0.0854. The number of sulfonamides is 1. The predicted octanol–water partition coefficient (Wildman–Crippen LogP) is 2.57. The number of nitrogens with two attached hydrogens (primary N) is 1. The van der Waals surface area contributed by atoms with Crippen molar-refractivity contribution >= 4 is 33.7 Å². The van der Waals surface area contributed by atoms with E-state index in [0.29, 0.717) is 28.6 Å². The fourth-order valence-corrected chi connectivity index (χ4v) is 8.66. The second-order valence-corrected chi connectivity index (χ2v) is 16.7. The van der Waals surface area contributed by atoms with Crippen LogP contribution in [0.4, 0.5) is 9.18 Å². The number of hydrogen-bond acceptors (Lipinski definition) is 11. The molecule has 4 atom stereocenters. The Morgan fingerprint density at radius 2 is 1.89 bits per heavy atom. The molecule has 0 aliphatic carbocycles. The molecule has 0 radical (unpaired) electrons. The molecule has 2 fully saturated rings. The van der Waals surface area contributed by atoms with E-state index in [1.165, 1.54) is 37.0 Å². The molecule has 16 nitrogen and oxygen atoms in total. The average molecular weight is 782 g/mol. The Bertz CT molecular complexity index is 2040. The highest BCUT2D eigenvalue weighted by Gasteiger charge is 2.42. The molecule has 4 heterocycles. The zero-order chi connectivity index (χ0) is 38.2. The molecule has 6 rings (SSSR count). The van der Waals surface area contributed by atoms with Gasteiger partial charge in [-0.05, 0) is 54.3 Å². The lowest BCUT2D eigenvalue weighted by Crippen LogP contribution is -2.36. The van der Waals surface area contributed by atoms with Crippen molar-refractivity contribution in [1.29, 1.82) is 0 Å². The molecule has 5 N–H and O–H groups in total. The maximum absolute atomic E-state index is 14.1. The standard InChI is InChI=1S/C35H44FN11O5S2/c1-45(2)54(50,51)28-13-9-24(10-14-28)34(29-20-46(43-42-29)18-25(36)15-16-37)52-21-23-7-11-27(12-8-23)47-19-26(41-44-47)17-38-32(48)6-4-3-5-31-33-30(22-53-31)39-35(49)40-33/h7-15,19-20,30-31,33-34H,3-6,16-18,21-22,37H2,1-2H3,(H,38,48)(H2,39,40,49)/b25-15-/t30-,31-,33-,34?/m0/s1. The first-order valence-electron chi connectivity index (χ1n) is 17.5. The number of fused-ring (bicyclic) bond motifs is 1. The number of nitrogens with zero attached hydrogens (tertiary/aromatic N) is 7. The Kier molecular flexibility index (Phi) is 12.7. The third-order valence-electron chi connectivity index (χ3n) is 9.14. The van der Waals surface area contributed by atoms with Crippen molar-refractivity contribution in [2.45, 2.75) is 73.7 Å². The van der Waals surface area contributed by atoms with E-state index in [0.717, 1.165) is 40.6 Å². The number of unbranched alkanes of at least 4 members (excludes halogenated alkanes) is 1. The fraction of sp³-hybridized carbons (Fsp3) is 0.429. The van der Waals surface area contributed by atoms with Gasteiger partial charge in [-0.25, -0.2) is 31.3 Å². The van der Waals surface area contributed by atoms with Gasteiger partial charge in [-0.1, -0.05) is 41.1 Å². The van der Waals surface area contributed by atoms with Crippen molar-refractivity contribution in [3.05, 3.63) is 95.3 Å². The molecule has 4 aromatic rings. The second-order valence-electron chi connectivity index (χ2n) is 13.2. The molecule has 288 valence electrons. The van der Waals surface area contributed by atoms with Crippen molar-refractivity contribution in [2.24, 2.45) is 5.73 Å². The summed E-state index contributed by atoms with van der Waals surface area (Å²) in [4.78, 5) is 24.2. The molecule has 2 aliphatic heterocycles. The van der Waals surface area contributed by atoms with Gasteiger partial charge in [-0.15, -0.1) is 10.2 Å². The Morgan fingerprint density at radius 1 is 1.11 bits per heavy atom. The smallest absolute Gasteiger partial charge is 0.315 e. The van der Waals surface area contributed by atoms with Gasteiger partial charge in [0.2, 0.25) is 15.9 Å². The number of ether oxygens (including phenoxy) is 1. The van der Waals surface area contributed by atoms with Crippen LogP contribution in [-0.2, 0) is 39.3 Å². The second kappa shape index (κ2) is 17.6. The molecule has 3 amide bonds. The summed E-state index contributed by atoms with van der Waals surface area (Å²) in [6.07, 6.45) is 6.91. The Balaban J connectivity index is 1.02. The van der Waals surface area contributed by atoms with Crippen LogP contribution in [-0.4, -0.2) is 98.4 Å². The number of urea groups is 1. The number of thioether (sulfide) groups is 1. The van der Waals surface area contributed by atoms with Crippen LogP contribution >= 0.6 is 11.8 Å². The molecule has 2 aromatic heterocycles. The summed E-state index contributed by atoms with van der Waals surface area (Å²) in [5, 5.41) is 25.9. The van der Waals surface area contributed by atoms with Crippen molar-refractivity contribution in [1.82, 2.24) is 50.2 Å². The van der Waals surface area contributed by atoms with Crippen LogP contribution in [0.2, 0.25) is 0 Å². The molecule has 2 aliphatic rings. The third kappa shape index (κ3) is 9.69. The zero-order valence-corrected chi connectivity index (χ0v) is 31.6. The van der Waals surface area contributed by atoms with E-state index >= 15 is 0 Å². The van der Waals surface area contributed by atoms with Crippen LogP contribution in [0.3, 0.4) is 0 Å². The van der Waals surface area contributed by atoms with Gasteiger partial charge in [0.05, 0.1) is 54.8 Å².